The summed E-state index contributed by atoms with van der Waals surface area (Å²) in [6.45, 7) is 11.2. The third-order valence-electron chi connectivity index (χ3n) is 2.46. The van der Waals surface area contributed by atoms with Crippen LogP contribution in [0.1, 0.15) is 51.7 Å². The molecule has 0 atom stereocenters. The third-order valence-corrected chi connectivity index (χ3v) is 3.34. The van der Waals surface area contributed by atoms with Gasteiger partial charge in [-0.3, -0.25) is 0 Å². The monoisotopic (exact) mass is 254 g/mol. The summed E-state index contributed by atoms with van der Waals surface area (Å²) in [6, 6.07) is 6.56. The molecule has 0 aliphatic carbocycles. The smallest absolute Gasteiger partial charge is 0.0247 e. The van der Waals surface area contributed by atoms with Crippen molar-refractivity contribution in [3.05, 3.63) is 33.8 Å². The van der Waals surface area contributed by atoms with Crippen LogP contribution in [0.2, 0.25) is 0 Å². The van der Waals surface area contributed by atoms with Gasteiger partial charge in [0.25, 0.3) is 0 Å². The summed E-state index contributed by atoms with van der Waals surface area (Å²) in [6.07, 6.45) is 0. The van der Waals surface area contributed by atoms with Crippen LogP contribution in [-0.4, -0.2) is 0 Å². The van der Waals surface area contributed by atoms with Gasteiger partial charge < -0.3 is 0 Å². The molecule has 0 fully saturated rings. The van der Waals surface area contributed by atoms with Crippen LogP contribution in [0.3, 0.4) is 0 Å². The molecule has 78 valence electrons. The van der Waals surface area contributed by atoms with E-state index in [1.165, 1.54) is 15.6 Å². The van der Waals surface area contributed by atoms with E-state index in [1.807, 2.05) is 0 Å². The lowest BCUT2D eigenvalue weighted by molar-refractivity contribution is 0.585. The normalized spacial score (nSPS) is 12.2. The predicted octanol–water partition coefficient (Wildman–Crippen LogP) is 4.87. The van der Waals surface area contributed by atoms with Gasteiger partial charge in [-0.25, -0.2) is 0 Å². The Morgan fingerprint density at radius 3 is 2.14 bits per heavy atom. The molecule has 0 nitrogen and oxygen atoms in total. The minimum absolute atomic E-state index is 0.212. The lowest BCUT2D eigenvalue weighted by Gasteiger charge is -2.23. The van der Waals surface area contributed by atoms with Gasteiger partial charge in [-0.1, -0.05) is 68.7 Å². The molecule has 0 amide bonds. The Hall–Kier alpha value is -0.300. The number of benzene rings is 1. The fourth-order valence-electron chi connectivity index (χ4n) is 1.57. The fourth-order valence-corrected chi connectivity index (χ4v) is 2.89. The Morgan fingerprint density at radius 2 is 1.71 bits per heavy atom. The second-order valence-corrected chi connectivity index (χ2v) is 5.91. The molecule has 0 aromatic heterocycles. The van der Waals surface area contributed by atoms with Crippen LogP contribution in [0, 0.1) is 0 Å². The van der Waals surface area contributed by atoms with E-state index in [2.05, 4.69) is 68.7 Å². The standard InChI is InChI=1S/C13H19Br/c1-9(2)10-7-6-8-11(12(10)14)13(3,4)5/h6-9H,1-5H3. The van der Waals surface area contributed by atoms with E-state index in [4.69, 9.17) is 0 Å². The van der Waals surface area contributed by atoms with Gasteiger partial charge in [0.15, 0.2) is 0 Å². The van der Waals surface area contributed by atoms with Gasteiger partial charge in [0, 0.05) is 4.47 Å². The van der Waals surface area contributed by atoms with Crippen molar-refractivity contribution >= 4 is 15.9 Å². The molecule has 0 aliphatic heterocycles. The highest BCUT2D eigenvalue weighted by Gasteiger charge is 2.19. The molecule has 0 saturated carbocycles. The van der Waals surface area contributed by atoms with Crippen molar-refractivity contribution < 1.29 is 0 Å². The van der Waals surface area contributed by atoms with Gasteiger partial charge in [-0.15, -0.1) is 0 Å². The molecule has 0 spiro atoms. The first-order chi connectivity index (χ1) is 6.34. The van der Waals surface area contributed by atoms with Crippen LogP contribution < -0.4 is 0 Å². The van der Waals surface area contributed by atoms with E-state index in [-0.39, 0.29) is 5.41 Å². The van der Waals surface area contributed by atoms with E-state index in [1.54, 1.807) is 0 Å². The molecule has 0 N–H and O–H groups in total. The van der Waals surface area contributed by atoms with Crippen LogP contribution >= 0.6 is 15.9 Å². The van der Waals surface area contributed by atoms with Crippen LogP contribution in [0.25, 0.3) is 0 Å². The van der Waals surface area contributed by atoms with Crippen molar-refractivity contribution in [3.63, 3.8) is 0 Å². The topological polar surface area (TPSA) is 0 Å². The van der Waals surface area contributed by atoms with Crippen molar-refractivity contribution in [2.75, 3.05) is 0 Å². The van der Waals surface area contributed by atoms with Crippen LogP contribution in [0.5, 0.6) is 0 Å². The zero-order valence-electron chi connectivity index (χ0n) is 9.69. The first kappa shape index (κ1) is 11.8. The molecule has 0 bridgehead atoms. The maximum Gasteiger partial charge on any atom is 0.0247 e. The molecule has 14 heavy (non-hydrogen) atoms. The highest BCUT2D eigenvalue weighted by molar-refractivity contribution is 9.10. The van der Waals surface area contributed by atoms with Crippen molar-refractivity contribution in [2.45, 2.75) is 46.0 Å². The molecule has 0 radical (unpaired) electrons. The van der Waals surface area contributed by atoms with Gasteiger partial charge in [0.05, 0.1) is 0 Å². The summed E-state index contributed by atoms with van der Waals surface area (Å²) in [5.74, 6) is 0.576. The van der Waals surface area contributed by atoms with E-state index in [9.17, 15) is 0 Å². The minimum atomic E-state index is 0.212. The predicted molar refractivity (Wildman–Crippen MR) is 66.9 cm³/mol. The summed E-state index contributed by atoms with van der Waals surface area (Å²) >= 11 is 3.72. The van der Waals surface area contributed by atoms with E-state index < -0.39 is 0 Å². The first-order valence-electron chi connectivity index (χ1n) is 5.13. The summed E-state index contributed by atoms with van der Waals surface area (Å²) in [4.78, 5) is 0. The number of rotatable bonds is 1. The average Bonchev–Trinajstić information content (AvgIpc) is 2.01. The van der Waals surface area contributed by atoms with Gasteiger partial charge in [-0.05, 0) is 22.5 Å². The summed E-state index contributed by atoms with van der Waals surface area (Å²) in [5, 5.41) is 0. The third kappa shape index (κ3) is 2.38. The van der Waals surface area contributed by atoms with Crippen LogP contribution in [0.4, 0.5) is 0 Å². The van der Waals surface area contributed by atoms with Gasteiger partial charge in [0.2, 0.25) is 0 Å². The first-order valence-corrected chi connectivity index (χ1v) is 5.92. The molecule has 1 heteroatoms. The lowest BCUT2D eigenvalue weighted by atomic mass is 9.85. The van der Waals surface area contributed by atoms with Crippen molar-refractivity contribution in [2.24, 2.45) is 0 Å². The zero-order chi connectivity index (χ0) is 10.9. The molecular weight excluding hydrogens is 236 g/mol. The second-order valence-electron chi connectivity index (χ2n) is 5.11. The van der Waals surface area contributed by atoms with Crippen LogP contribution in [-0.2, 0) is 5.41 Å². The molecular formula is C13H19Br. The fraction of sp³-hybridized carbons (Fsp3) is 0.538. The maximum atomic E-state index is 3.72. The van der Waals surface area contributed by atoms with Crippen molar-refractivity contribution in [1.82, 2.24) is 0 Å². The Labute approximate surface area is 95.9 Å². The molecule has 0 saturated heterocycles. The molecule has 1 aromatic carbocycles. The molecule has 1 rings (SSSR count). The number of hydrogen-bond acceptors (Lipinski definition) is 0. The van der Waals surface area contributed by atoms with E-state index in [0.29, 0.717) is 5.92 Å². The second kappa shape index (κ2) is 4.06. The lowest BCUT2D eigenvalue weighted by Crippen LogP contribution is -2.13. The maximum absolute atomic E-state index is 3.72. The quantitative estimate of drug-likeness (QED) is 0.671. The summed E-state index contributed by atoms with van der Waals surface area (Å²) in [7, 11) is 0. The highest BCUT2D eigenvalue weighted by atomic mass is 79.9. The minimum Gasteiger partial charge on any atom is -0.0616 e. The zero-order valence-corrected chi connectivity index (χ0v) is 11.3. The molecule has 0 unspecified atom stereocenters. The van der Waals surface area contributed by atoms with Crippen molar-refractivity contribution in [3.8, 4) is 0 Å². The number of hydrogen-bond donors (Lipinski definition) is 0. The number of halogens is 1. The Morgan fingerprint density at radius 1 is 1.14 bits per heavy atom. The van der Waals surface area contributed by atoms with E-state index in [0.717, 1.165) is 0 Å². The van der Waals surface area contributed by atoms with Crippen LogP contribution in [0.15, 0.2) is 22.7 Å². The largest absolute Gasteiger partial charge is 0.0616 e. The van der Waals surface area contributed by atoms with Gasteiger partial charge >= 0.3 is 0 Å². The molecule has 0 aliphatic rings. The molecule has 0 heterocycles. The summed E-state index contributed by atoms with van der Waals surface area (Å²) in [5.41, 5.74) is 3.00. The van der Waals surface area contributed by atoms with Gasteiger partial charge in [0.1, 0.15) is 0 Å². The SMILES string of the molecule is CC(C)c1cccc(C(C)(C)C)c1Br. The molecule has 1 aromatic rings. The van der Waals surface area contributed by atoms with Gasteiger partial charge in [-0.2, -0.15) is 0 Å². The summed E-state index contributed by atoms with van der Waals surface area (Å²) < 4.78 is 1.28. The Bertz CT molecular complexity index is 318. The Kier molecular flexibility index (Phi) is 3.41. The highest BCUT2D eigenvalue weighted by Crippen LogP contribution is 2.34. The van der Waals surface area contributed by atoms with Crippen molar-refractivity contribution in [1.29, 1.82) is 0 Å². The van der Waals surface area contributed by atoms with E-state index >= 15 is 0 Å². The Balaban J connectivity index is 3.28. The average molecular weight is 255 g/mol.